The molecule has 10 nitrogen and oxygen atoms in total. The summed E-state index contributed by atoms with van der Waals surface area (Å²) in [5.74, 6) is -1.09. The number of hydrogen-bond donors (Lipinski definition) is 3. The zero-order chi connectivity index (χ0) is 41.9. The van der Waals surface area contributed by atoms with Gasteiger partial charge in [-0.15, -0.1) is 0 Å². The normalized spacial score (nSPS) is 14.7. The second-order valence-electron chi connectivity index (χ2n) is 14.0. The van der Waals surface area contributed by atoms with E-state index in [0.29, 0.717) is 12.8 Å². The molecule has 0 amide bonds. The minimum Gasteiger partial charge on any atom is -0.462 e. The number of esters is 2. The molecule has 0 bridgehead atoms. The van der Waals surface area contributed by atoms with Gasteiger partial charge in [0.05, 0.1) is 19.8 Å². The molecular formula is C46H77O10P. The topological polar surface area (TPSA) is 149 Å². The van der Waals surface area contributed by atoms with Crippen molar-refractivity contribution in [3.05, 3.63) is 85.1 Å². The first-order valence-electron chi connectivity index (χ1n) is 21.5. The van der Waals surface area contributed by atoms with Crippen LogP contribution in [-0.4, -0.2) is 65.7 Å². The fraction of sp³-hybridized carbons (Fsp3) is 0.652. The van der Waals surface area contributed by atoms with E-state index in [9.17, 15) is 24.2 Å². The van der Waals surface area contributed by atoms with E-state index < -0.39 is 51.8 Å². The van der Waals surface area contributed by atoms with Crippen LogP contribution in [0.4, 0.5) is 0 Å². The van der Waals surface area contributed by atoms with Crippen molar-refractivity contribution in [1.82, 2.24) is 0 Å². The number of aliphatic hydroxyl groups excluding tert-OH is 2. The van der Waals surface area contributed by atoms with Gasteiger partial charge in [0.25, 0.3) is 0 Å². The Balaban J connectivity index is 4.47. The molecule has 0 spiro atoms. The maximum atomic E-state index is 12.6. The van der Waals surface area contributed by atoms with E-state index in [-0.39, 0.29) is 19.4 Å². The first-order chi connectivity index (χ1) is 27.7. The Labute approximate surface area is 345 Å². The summed E-state index contributed by atoms with van der Waals surface area (Å²) in [4.78, 5) is 34.9. The predicted octanol–water partition coefficient (Wildman–Crippen LogP) is 11.4. The van der Waals surface area contributed by atoms with Crippen molar-refractivity contribution >= 4 is 19.8 Å². The Morgan fingerprint density at radius 2 is 0.965 bits per heavy atom. The molecule has 0 aliphatic rings. The summed E-state index contributed by atoms with van der Waals surface area (Å²) in [5.41, 5.74) is 0. The second-order valence-corrected chi connectivity index (χ2v) is 15.4. The highest BCUT2D eigenvalue weighted by molar-refractivity contribution is 7.47. The van der Waals surface area contributed by atoms with E-state index in [1.165, 1.54) is 64.2 Å². The van der Waals surface area contributed by atoms with Crippen molar-refractivity contribution in [2.75, 3.05) is 26.4 Å². The van der Waals surface area contributed by atoms with Gasteiger partial charge < -0.3 is 24.6 Å². The molecule has 0 rings (SSSR count). The number of aliphatic hydroxyl groups is 2. The molecule has 0 aliphatic carbocycles. The number of unbranched alkanes of at least 4 members (excludes halogenated alkanes) is 11. The smallest absolute Gasteiger partial charge is 0.462 e. The average molecular weight is 821 g/mol. The van der Waals surface area contributed by atoms with E-state index in [4.69, 9.17) is 19.1 Å². The maximum absolute atomic E-state index is 12.6. The van der Waals surface area contributed by atoms with Gasteiger partial charge in [0.2, 0.25) is 0 Å². The molecular weight excluding hydrogens is 743 g/mol. The van der Waals surface area contributed by atoms with Crippen molar-refractivity contribution < 1.29 is 47.8 Å². The first-order valence-corrected chi connectivity index (χ1v) is 23.0. The molecule has 0 aliphatic heterocycles. The number of rotatable bonds is 39. The molecule has 3 N–H and O–H groups in total. The van der Waals surface area contributed by atoms with Crippen LogP contribution < -0.4 is 0 Å². The standard InChI is InChI=1S/C46H77O10P/c1-3-5-7-9-11-13-15-17-19-20-21-22-24-25-27-29-31-33-35-37-45(49)53-41-44(42-55-57(51,52)54-40-43(48)39-47)56-46(50)38-36-34-32-30-28-26-23-18-16-14-12-10-8-6-4-2/h5,7,11,13,17,19,21-22,25,27,31-34,43-44,47-48H,3-4,6,8-10,12,14-16,18,20,23-24,26,28-30,35-42H2,1-2H3,(H,51,52)/b7-5+,13-11+,19-17+,22-21+,27-25+,33-31+,34-32+/t43-,44+/m0/s1. The Kier molecular flexibility index (Phi) is 39.2. The van der Waals surface area contributed by atoms with Gasteiger partial charge in [0, 0.05) is 12.8 Å². The lowest BCUT2D eigenvalue weighted by Crippen LogP contribution is -2.29. The van der Waals surface area contributed by atoms with Gasteiger partial charge in [-0.3, -0.25) is 18.6 Å². The van der Waals surface area contributed by atoms with E-state index in [2.05, 4.69) is 85.2 Å². The van der Waals surface area contributed by atoms with Crippen molar-refractivity contribution in [1.29, 1.82) is 0 Å². The first kappa shape index (κ1) is 54.2. The summed E-state index contributed by atoms with van der Waals surface area (Å²) < 4.78 is 32.6. The number of carbonyl (C=O) groups excluding carboxylic acids is 2. The Hall–Kier alpha value is -2.85. The molecule has 0 aromatic heterocycles. The highest BCUT2D eigenvalue weighted by Gasteiger charge is 2.27. The maximum Gasteiger partial charge on any atom is 0.472 e. The van der Waals surface area contributed by atoms with Gasteiger partial charge in [-0.25, -0.2) is 4.57 Å². The van der Waals surface area contributed by atoms with E-state index in [1.54, 1.807) is 0 Å². The predicted molar refractivity (Wildman–Crippen MR) is 233 cm³/mol. The molecule has 0 heterocycles. The number of ether oxygens (including phenoxy) is 2. The second kappa shape index (κ2) is 41.3. The van der Waals surface area contributed by atoms with Crippen molar-refractivity contribution in [2.45, 2.75) is 167 Å². The van der Waals surface area contributed by atoms with Crippen LogP contribution in [0.15, 0.2) is 85.1 Å². The zero-order valence-electron chi connectivity index (χ0n) is 35.3. The van der Waals surface area contributed by atoms with E-state index in [0.717, 1.165) is 51.4 Å². The number of carbonyl (C=O) groups is 2. The van der Waals surface area contributed by atoms with Crippen LogP contribution in [0.5, 0.6) is 0 Å². The van der Waals surface area contributed by atoms with Crippen LogP contribution in [0, 0.1) is 0 Å². The third-order valence-corrected chi connectivity index (χ3v) is 9.51. The lowest BCUT2D eigenvalue weighted by molar-refractivity contribution is -0.161. The van der Waals surface area contributed by atoms with E-state index >= 15 is 0 Å². The zero-order valence-corrected chi connectivity index (χ0v) is 36.2. The highest BCUT2D eigenvalue weighted by Crippen LogP contribution is 2.43. The van der Waals surface area contributed by atoms with Crippen molar-refractivity contribution in [3.8, 4) is 0 Å². The summed E-state index contributed by atoms with van der Waals surface area (Å²) >= 11 is 0. The summed E-state index contributed by atoms with van der Waals surface area (Å²) in [5, 5.41) is 18.3. The molecule has 0 aromatic carbocycles. The lowest BCUT2D eigenvalue weighted by atomic mass is 10.1. The largest absolute Gasteiger partial charge is 0.472 e. The van der Waals surface area contributed by atoms with E-state index in [1.807, 2.05) is 18.2 Å². The fourth-order valence-corrected chi connectivity index (χ4v) is 6.06. The third kappa shape index (κ3) is 41.1. The van der Waals surface area contributed by atoms with Crippen LogP contribution in [0.1, 0.15) is 155 Å². The molecule has 3 atom stereocenters. The molecule has 0 radical (unpaired) electrons. The van der Waals surface area contributed by atoms with Gasteiger partial charge in [-0.1, -0.05) is 163 Å². The number of phosphoric ester groups is 1. The lowest BCUT2D eigenvalue weighted by Gasteiger charge is -2.20. The minimum absolute atomic E-state index is 0.0812. The summed E-state index contributed by atoms with van der Waals surface area (Å²) in [6.07, 6.45) is 48.6. The Bertz CT molecular complexity index is 1220. The molecule has 0 fully saturated rings. The minimum atomic E-state index is -4.65. The SMILES string of the molecule is CC/C=C/C/C=C/C/C=C/C/C=C/C/C=C/C/C=C/CCC(=O)OC[C@H](COP(=O)(O)OC[C@@H](O)CO)OC(=O)CC/C=C/CCCCCCCCCCCCC. The van der Waals surface area contributed by atoms with Crippen molar-refractivity contribution in [2.24, 2.45) is 0 Å². The summed E-state index contributed by atoms with van der Waals surface area (Å²) in [6.45, 7) is 2.12. The van der Waals surface area contributed by atoms with Crippen LogP contribution in [-0.2, 0) is 32.7 Å². The highest BCUT2D eigenvalue weighted by atomic mass is 31.2. The van der Waals surface area contributed by atoms with Gasteiger partial charge in [0.1, 0.15) is 12.7 Å². The van der Waals surface area contributed by atoms with Crippen LogP contribution in [0.25, 0.3) is 0 Å². The molecule has 11 heteroatoms. The molecule has 0 saturated heterocycles. The van der Waals surface area contributed by atoms with Crippen LogP contribution >= 0.6 is 7.82 Å². The number of hydrogen-bond acceptors (Lipinski definition) is 9. The van der Waals surface area contributed by atoms with Gasteiger partial charge in [-0.05, 0) is 64.2 Å². The Morgan fingerprint density at radius 1 is 0.544 bits per heavy atom. The monoisotopic (exact) mass is 821 g/mol. The number of allylic oxidation sites excluding steroid dienone is 14. The summed E-state index contributed by atoms with van der Waals surface area (Å²) in [6, 6.07) is 0. The third-order valence-electron chi connectivity index (χ3n) is 8.56. The Morgan fingerprint density at radius 3 is 1.47 bits per heavy atom. The molecule has 326 valence electrons. The summed E-state index contributed by atoms with van der Waals surface area (Å²) in [7, 11) is -4.65. The molecule has 0 saturated carbocycles. The average Bonchev–Trinajstić information content (AvgIpc) is 3.20. The van der Waals surface area contributed by atoms with Gasteiger partial charge in [-0.2, -0.15) is 0 Å². The number of phosphoric acid groups is 1. The quantitative estimate of drug-likeness (QED) is 0.0237. The van der Waals surface area contributed by atoms with Crippen molar-refractivity contribution in [3.63, 3.8) is 0 Å². The van der Waals surface area contributed by atoms with Crippen LogP contribution in [0.2, 0.25) is 0 Å². The van der Waals surface area contributed by atoms with Gasteiger partial charge >= 0.3 is 19.8 Å². The molecule has 1 unspecified atom stereocenters. The molecule has 0 aromatic rings. The van der Waals surface area contributed by atoms with Crippen LogP contribution in [0.3, 0.4) is 0 Å². The fourth-order valence-electron chi connectivity index (χ4n) is 5.27. The molecule has 57 heavy (non-hydrogen) atoms. The van der Waals surface area contributed by atoms with Gasteiger partial charge in [0.15, 0.2) is 6.10 Å².